The number of nitrogens with zero attached hydrogens (tertiary/aromatic N) is 2. The molecule has 0 radical (unpaired) electrons. The smallest absolute Gasteiger partial charge is 0.232 e. The van der Waals surface area contributed by atoms with Crippen LogP contribution in [0.15, 0.2) is 15.8 Å². The molecule has 2 rings (SSSR count). The third-order valence-electron chi connectivity index (χ3n) is 2.49. The summed E-state index contributed by atoms with van der Waals surface area (Å²) in [4.78, 5) is 8.37. The Morgan fingerprint density at radius 3 is 2.88 bits per heavy atom. The van der Waals surface area contributed by atoms with Gasteiger partial charge in [-0.1, -0.05) is 11.8 Å². The number of ether oxygens (including phenoxy) is 1. The van der Waals surface area contributed by atoms with E-state index in [1.807, 2.05) is 13.2 Å². The molecule has 1 heterocycles. The lowest BCUT2D eigenvalue weighted by Gasteiger charge is -2.40. The molecule has 0 saturated heterocycles. The van der Waals surface area contributed by atoms with Gasteiger partial charge >= 0.3 is 0 Å². The first-order valence-electron chi connectivity index (χ1n) is 4.96. The summed E-state index contributed by atoms with van der Waals surface area (Å²) in [5, 5.41) is 10.3. The predicted molar refractivity (Wildman–Crippen MR) is 65.8 cm³/mol. The van der Waals surface area contributed by atoms with Crippen LogP contribution in [0, 0.1) is 0 Å². The van der Waals surface area contributed by atoms with Crippen LogP contribution in [-0.2, 0) is 0 Å². The van der Waals surface area contributed by atoms with Gasteiger partial charge in [0.25, 0.3) is 0 Å². The van der Waals surface area contributed by atoms with Crippen molar-refractivity contribution in [2.75, 3.05) is 6.26 Å². The van der Waals surface area contributed by atoms with Crippen LogP contribution in [0.25, 0.3) is 0 Å². The van der Waals surface area contributed by atoms with Crippen LogP contribution in [0.3, 0.4) is 0 Å². The highest BCUT2D eigenvalue weighted by Gasteiger charge is 2.40. The van der Waals surface area contributed by atoms with Crippen molar-refractivity contribution in [1.82, 2.24) is 9.97 Å². The average molecular weight is 305 g/mol. The molecule has 1 aromatic heterocycles. The van der Waals surface area contributed by atoms with E-state index in [0.717, 1.165) is 4.47 Å². The maximum Gasteiger partial charge on any atom is 0.232 e. The molecule has 0 amide bonds. The maximum absolute atomic E-state index is 9.60. The summed E-state index contributed by atoms with van der Waals surface area (Å²) in [5.74, 6) is 0.555. The second-order valence-corrected chi connectivity index (χ2v) is 5.78. The highest BCUT2D eigenvalue weighted by Crippen LogP contribution is 2.36. The molecule has 6 heteroatoms. The van der Waals surface area contributed by atoms with Crippen molar-refractivity contribution in [2.45, 2.75) is 36.6 Å². The minimum atomic E-state index is -0.577. The molecule has 1 aromatic rings. The number of aliphatic hydroxyl groups is 1. The number of thioether (sulfide) groups is 1. The third-order valence-corrected chi connectivity index (χ3v) is 3.59. The van der Waals surface area contributed by atoms with E-state index in [2.05, 4.69) is 25.9 Å². The highest BCUT2D eigenvalue weighted by atomic mass is 79.9. The molecule has 0 aromatic carbocycles. The average Bonchev–Trinajstić information content (AvgIpc) is 2.18. The molecular formula is C10H13BrN2O2S. The second kappa shape index (κ2) is 4.50. The molecule has 0 spiro atoms. The van der Waals surface area contributed by atoms with Gasteiger partial charge < -0.3 is 9.84 Å². The van der Waals surface area contributed by atoms with Crippen LogP contribution in [-0.4, -0.2) is 33.0 Å². The van der Waals surface area contributed by atoms with Crippen LogP contribution in [0.2, 0.25) is 0 Å². The minimum absolute atomic E-state index is 0.0518. The SMILES string of the molecule is CSc1ncc(Br)c(OC2CC(C)(O)C2)n1. The topological polar surface area (TPSA) is 55.2 Å². The predicted octanol–water partition coefficient (Wildman–Crippen LogP) is 2.25. The first-order valence-corrected chi connectivity index (χ1v) is 6.97. The Bertz CT molecular complexity index is 392. The molecule has 4 nitrogen and oxygen atoms in total. The van der Waals surface area contributed by atoms with Gasteiger partial charge in [0.15, 0.2) is 5.16 Å². The Balaban J connectivity index is 2.04. The zero-order chi connectivity index (χ0) is 11.8. The largest absolute Gasteiger partial charge is 0.473 e. The molecule has 1 N–H and O–H groups in total. The Morgan fingerprint density at radius 2 is 2.31 bits per heavy atom. The van der Waals surface area contributed by atoms with Crippen molar-refractivity contribution in [3.05, 3.63) is 10.7 Å². The van der Waals surface area contributed by atoms with Gasteiger partial charge in [-0.15, -0.1) is 0 Å². The molecule has 0 unspecified atom stereocenters. The van der Waals surface area contributed by atoms with E-state index >= 15 is 0 Å². The number of hydrogen-bond donors (Lipinski definition) is 1. The zero-order valence-corrected chi connectivity index (χ0v) is 11.5. The van der Waals surface area contributed by atoms with Crippen molar-refractivity contribution in [2.24, 2.45) is 0 Å². The fourth-order valence-corrected chi connectivity index (χ4v) is 2.30. The number of hydrogen-bond acceptors (Lipinski definition) is 5. The van der Waals surface area contributed by atoms with Crippen molar-refractivity contribution >= 4 is 27.7 Å². The quantitative estimate of drug-likeness (QED) is 0.686. The standard InChI is InChI=1S/C10H13BrN2O2S/c1-10(14)3-6(4-10)15-8-7(11)5-12-9(13-8)16-2/h5-6,14H,3-4H2,1-2H3. The van der Waals surface area contributed by atoms with Crippen LogP contribution in [0.1, 0.15) is 19.8 Å². The number of halogens is 1. The lowest BCUT2D eigenvalue weighted by atomic mass is 9.79. The highest BCUT2D eigenvalue weighted by molar-refractivity contribution is 9.10. The van der Waals surface area contributed by atoms with Crippen molar-refractivity contribution in [3.63, 3.8) is 0 Å². The van der Waals surface area contributed by atoms with Gasteiger partial charge in [0.2, 0.25) is 5.88 Å². The normalized spacial score (nSPS) is 28.6. The Hall–Kier alpha value is -0.330. The van der Waals surface area contributed by atoms with E-state index < -0.39 is 5.60 Å². The van der Waals surface area contributed by atoms with E-state index in [1.54, 1.807) is 6.20 Å². The number of aromatic nitrogens is 2. The first-order chi connectivity index (χ1) is 7.50. The lowest BCUT2D eigenvalue weighted by Crippen LogP contribution is -2.47. The van der Waals surface area contributed by atoms with Crippen LogP contribution in [0.4, 0.5) is 0 Å². The summed E-state index contributed by atoms with van der Waals surface area (Å²) in [7, 11) is 0. The van der Waals surface area contributed by atoms with Crippen LogP contribution in [0.5, 0.6) is 5.88 Å². The van der Waals surface area contributed by atoms with E-state index in [-0.39, 0.29) is 6.10 Å². The molecule has 1 saturated carbocycles. The fraction of sp³-hybridized carbons (Fsp3) is 0.600. The van der Waals surface area contributed by atoms with Gasteiger partial charge in [0.05, 0.1) is 10.1 Å². The molecule has 0 atom stereocenters. The Kier molecular flexibility index (Phi) is 3.42. The first kappa shape index (κ1) is 12.1. The summed E-state index contributed by atoms with van der Waals surface area (Å²) in [6.07, 6.45) is 4.96. The van der Waals surface area contributed by atoms with E-state index in [9.17, 15) is 5.11 Å². The van der Waals surface area contributed by atoms with Gasteiger partial charge in [0, 0.05) is 19.0 Å². The molecular weight excluding hydrogens is 292 g/mol. The van der Waals surface area contributed by atoms with Crippen molar-refractivity contribution in [1.29, 1.82) is 0 Å². The van der Waals surface area contributed by atoms with Gasteiger partial charge in [-0.25, -0.2) is 4.98 Å². The lowest BCUT2D eigenvalue weighted by molar-refractivity contribution is -0.0906. The van der Waals surface area contributed by atoms with E-state index in [0.29, 0.717) is 23.9 Å². The summed E-state index contributed by atoms with van der Waals surface area (Å²) < 4.78 is 6.43. The van der Waals surface area contributed by atoms with Crippen LogP contribution < -0.4 is 4.74 Å². The third kappa shape index (κ3) is 2.67. The van der Waals surface area contributed by atoms with Gasteiger partial charge in [-0.3, -0.25) is 0 Å². The Labute approximate surface area is 107 Å². The maximum atomic E-state index is 9.60. The molecule has 88 valence electrons. The fourth-order valence-electron chi connectivity index (χ4n) is 1.68. The molecule has 1 fully saturated rings. The van der Waals surface area contributed by atoms with Gasteiger partial charge in [-0.05, 0) is 29.1 Å². The molecule has 0 bridgehead atoms. The Morgan fingerprint density at radius 1 is 1.62 bits per heavy atom. The minimum Gasteiger partial charge on any atom is -0.473 e. The summed E-state index contributed by atoms with van der Waals surface area (Å²) >= 11 is 4.82. The monoisotopic (exact) mass is 304 g/mol. The molecule has 1 aliphatic rings. The molecule has 1 aliphatic carbocycles. The zero-order valence-electron chi connectivity index (χ0n) is 9.11. The number of rotatable bonds is 3. The summed E-state index contributed by atoms with van der Waals surface area (Å²) in [6.45, 7) is 1.81. The van der Waals surface area contributed by atoms with E-state index in [1.165, 1.54) is 11.8 Å². The van der Waals surface area contributed by atoms with Gasteiger partial charge in [-0.2, -0.15) is 4.98 Å². The van der Waals surface area contributed by atoms with Crippen molar-refractivity contribution < 1.29 is 9.84 Å². The van der Waals surface area contributed by atoms with Crippen molar-refractivity contribution in [3.8, 4) is 5.88 Å². The van der Waals surface area contributed by atoms with E-state index in [4.69, 9.17) is 4.74 Å². The summed E-state index contributed by atoms with van der Waals surface area (Å²) in [5.41, 5.74) is -0.577. The molecule has 0 aliphatic heterocycles. The summed E-state index contributed by atoms with van der Waals surface area (Å²) in [6, 6.07) is 0. The van der Waals surface area contributed by atoms with Crippen LogP contribution >= 0.6 is 27.7 Å². The molecule has 16 heavy (non-hydrogen) atoms. The second-order valence-electron chi connectivity index (χ2n) is 4.15. The van der Waals surface area contributed by atoms with Gasteiger partial charge in [0.1, 0.15) is 6.10 Å².